The quantitative estimate of drug-likeness (QED) is 0.565. The average molecular weight is 432 g/mol. The largest absolute Gasteiger partial charge is 0.354 e. The van der Waals surface area contributed by atoms with E-state index in [1.807, 2.05) is 4.90 Å². The first-order chi connectivity index (χ1) is 13.4. The Bertz CT molecular complexity index is 546. The van der Waals surface area contributed by atoms with Crippen molar-refractivity contribution in [2.24, 2.45) is 17.6 Å². The second-order valence-corrected chi connectivity index (χ2v) is 8.39. The summed E-state index contributed by atoms with van der Waals surface area (Å²) in [6.07, 6.45) is 4.93. The maximum atomic E-state index is 13.2. The molecule has 2 rings (SSSR count). The molecule has 2 heterocycles. The van der Waals surface area contributed by atoms with Crippen molar-refractivity contribution in [3.8, 4) is 0 Å². The van der Waals surface area contributed by atoms with Crippen LogP contribution in [0.3, 0.4) is 0 Å². The third kappa shape index (κ3) is 8.01. The molecule has 0 aliphatic carbocycles. The highest BCUT2D eigenvalue weighted by atomic mass is 35.5. The van der Waals surface area contributed by atoms with E-state index in [0.29, 0.717) is 45.1 Å². The molecule has 8 nitrogen and oxygen atoms in total. The smallest absolute Gasteiger partial charge is 0.317 e. The van der Waals surface area contributed by atoms with Crippen molar-refractivity contribution in [1.29, 1.82) is 0 Å². The molecule has 2 aliphatic heterocycles. The zero-order chi connectivity index (χ0) is 20.5. The Balaban J connectivity index is 0.00000420. The first kappa shape index (κ1) is 25.5. The molecule has 0 bridgehead atoms. The van der Waals surface area contributed by atoms with Crippen LogP contribution >= 0.6 is 12.4 Å². The van der Waals surface area contributed by atoms with Crippen LogP contribution in [0.25, 0.3) is 0 Å². The minimum absolute atomic E-state index is 0. The van der Waals surface area contributed by atoms with Crippen molar-refractivity contribution in [1.82, 2.24) is 20.4 Å². The Kier molecular flexibility index (Phi) is 11.3. The van der Waals surface area contributed by atoms with Crippen molar-refractivity contribution >= 4 is 30.3 Å². The topological polar surface area (TPSA) is 108 Å². The van der Waals surface area contributed by atoms with Gasteiger partial charge >= 0.3 is 6.03 Å². The molecule has 9 heteroatoms. The lowest BCUT2D eigenvalue weighted by atomic mass is 9.93. The molecule has 0 saturated carbocycles. The number of carbonyl (C=O) groups is 3. The lowest BCUT2D eigenvalue weighted by Gasteiger charge is -2.40. The number of nitrogens with two attached hydrogens (primary N) is 1. The number of nitrogens with zero attached hydrogens (tertiary/aromatic N) is 2. The third-order valence-corrected chi connectivity index (χ3v) is 5.54. The van der Waals surface area contributed by atoms with Crippen LogP contribution in [0.2, 0.25) is 0 Å². The Morgan fingerprint density at radius 1 is 1.07 bits per heavy atom. The SMILES string of the molecule is CC(C)CNC(=O)N1CCCC(C(=O)N2CCCCC2CNC(=O)CCN)C1.Cl. The lowest BCUT2D eigenvalue weighted by molar-refractivity contribution is -0.141. The lowest BCUT2D eigenvalue weighted by Crippen LogP contribution is -2.54. The van der Waals surface area contributed by atoms with E-state index in [-0.39, 0.29) is 42.2 Å². The molecule has 2 fully saturated rings. The summed E-state index contributed by atoms with van der Waals surface area (Å²) in [5.41, 5.74) is 5.42. The predicted molar refractivity (Wildman–Crippen MR) is 116 cm³/mol. The predicted octanol–water partition coefficient (Wildman–Crippen LogP) is 1.33. The average Bonchev–Trinajstić information content (AvgIpc) is 2.70. The van der Waals surface area contributed by atoms with Gasteiger partial charge in [-0.15, -0.1) is 12.4 Å². The van der Waals surface area contributed by atoms with Crippen LogP contribution in [0.5, 0.6) is 0 Å². The number of hydrogen-bond acceptors (Lipinski definition) is 4. The molecular weight excluding hydrogens is 394 g/mol. The van der Waals surface area contributed by atoms with Crippen LogP contribution in [0.4, 0.5) is 4.79 Å². The molecule has 4 amide bonds. The van der Waals surface area contributed by atoms with Crippen LogP contribution in [0.1, 0.15) is 52.4 Å². The van der Waals surface area contributed by atoms with Gasteiger partial charge in [-0.3, -0.25) is 9.59 Å². The number of halogens is 1. The normalized spacial score (nSPS) is 22.1. The van der Waals surface area contributed by atoms with Gasteiger partial charge in [0.2, 0.25) is 11.8 Å². The highest BCUT2D eigenvalue weighted by molar-refractivity contribution is 5.85. The minimum atomic E-state index is -0.154. The number of carbonyl (C=O) groups excluding carboxylic acids is 3. The summed E-state index contributed by atoms with van der Waals surface area (Å²) in [6, 6.07) is -0.0384. The van der Waals surface area contributed by atoms with Gasteiger partial charge in [-0.2, -0.15) is 0 Å². The molecule has 168 valence electrons. The summed E-state index contributed by atoms with van der Waals surface area (Å²) < 4.78 is 0. The van der Waals surface area contributed by atoms with Crippen molar-refractivity contribution in [2.45, 2.75) is 58.4 Å². The van der Waals surface area contributed by atoms with E-state index in [4.69, 9.17) is 5.73 Å². The molecule has 29 heavy (non-hydrogen) atoms. The van der Waals surface area contributed by atoms with Crippen molar-refractivity contribution in [3.63, 3.8) is 0 Å². The van der Waals surface area contributed by atoms with Gasteiger partial charge in [0, 0.05) is 51.7 Å². The van der Waals surface area contributed by atoms with Gasteiger partial charge in [0.05, 0.1) is 5.92 Å². The number of hydrogen-bond donors (Lipinski definition) is 3. The number of amides is 4. The van der Waals surface area contributed by atoms with Gasteiger partial charge in [0.1, 0.15) is 0 Å². The van der Waals surface area contributed by atoms with Gasteiger partial charge in [-0.05, 0) is 38.0 Å². The van der Waals surface area contributed by atoms with Gasteiger partial charge in [0.25, 0.3) is 0 Å². The molecule has 2 unspecified atom stereocenters. The van der Waals surface area contributed by atoms with Gasteiger partial charge in [0.15, 0.2) is 0 Å². The fraction of sp³-hybridized carbons (Fsp3) is 0.850. The van der Waals surface area contributed by atoms with E-state index in [0.717, 1.165) is 38.6 Å². The van der Waals surface area contributed by atoms with Gasteiger partial charge in [-0.1, -0.05) is 13.8 Å². The van der Waals surface area contributed by atoms with Crippen molar-refractivity contribution in [2.75, 3.05) is 39.3 Å². The maximum absolute atomic E-state index is 13.2. The first-order valence-electron chi connectivity index (χ1n) is 10.7. The number of likely N-dealkylation sites (tertiary alicyclic amines) is 2. The molecule has 2 saturated heterocycles. The van der Waals surface area contributed by atoms with E-state index >= 15 is 0 Å². The van der Waals surface area contributed by atoms with Crippen molar-refractivity contribution < 1.29 is 14.4 Å². The summed E-state index contributed by atoms with van der Waals surface area (Å²) >= 11 is 0. The van der Waals surface area contributed by atoms with Crippen LogP contribution in [0, 0.1) is 11.8 Å². The van der Waals surface area contributed by atoms with Gasteiger partial charge in [-0.25, -0.2) is 4.79 Å². The van der Waals surface area contributed by atoms with Crippen LogP contribution in [-0.4, -0.2) is 73.0 Å². The van der Waals surface area contributed by atoms with E-state index in [9.17, 15) is 14.4 Å². The molecule has 2 atom stereocenters. The molecule has 0 spiro atoms. The molecule has 4 N–H and O–H groups in total. The first-order valence-corrected chi connectivity index (χ1v) is 10.7. The Morgan fingerprint density at radius 2 is 1.83 bits per heavy atom. The van der Waals surface area contributed by atoms with Gasteiger partial charge < -0.3 is 26.2 Å². The highest BCUT2D eigenvalue weighted by Crippen LogP contribution is 2.24. The Morgan fingerprint density at radius 3 is 2.52 bits per heavy atom. The van der Waals surface area contributed by atoms with Crippen LogP contribution in [0.15, 0.2) is 0 Å². The summed E-state index contributed by atoms with van der Waals surface area (Å²) in [4.78, 5) is 41.0. The van der Waals surface area contributed by atoms with Crippen LogP contribution < -0.4 is 16.4 Å². The summed E-state index contributed by atoms with van der Waals surface area (Å²) in [5.74, 6) is 0.305. The summed E-state index contributed by atoms with van der Waals surface area (Å²) in [6.45, 7) is 7.48. The summed E-state index contributed by atoms with van der Waals surface area (Å²) in [5, 5.41) is 5.86. The van der Waals surface area contributed by atoms with E-state index < -0.39 is 0 Å². The molecule has 0 aromatic carbocycles. The van der Waals surface area contributed by atoms with E-state index in [1.54, 1.807) is 4.90 Å². The van der Waals surface area contributed by atoms with Crippen molar-refractivity contribution in [3.05, 3.63) is 0 Å². The fourth-order valence-corrected chi connectivity index (χ4v) is 3.95. The Labute approximate surface area is 180 Å². The number of rotatable bonds is 7. The number of urea groups is 1. The monoisotopic (exact) mass is 431 g/mol. The molecule has 0 radical (unpaired) electrons. The standard InChI is InChI=1S/C20H37N5O3.ClH/c1-15(2)12-23-20(28)24-10-5-6-16(14-24)19(27)25-11-4-3-7-17(25)13-22-18(26)8-9-21;/h15-17H,3-14,21H2,1-2H3,(H,22,26)(H,23,28);1H. The maximum Gasteiger partial charge on any atom is 0.317 e. The van der Waals surface area contributed by atoms with E-state index in [1.165, 1.54) is 0 Å². The van der Waals surface area contributed by atoms with Crippen LogP contribution in [-0.2, 0) is 9.59 Å². The highest BCUT2D eigenvalue weighted by Gasteiger charge is 2.35. The zero-order valence-electron chi connectivity index (χ0n) is 17.8. The number of nitrogens with one attached hydrogen (secondary N) is 2. The summed E-state index contributed by atoms with van der Waals surface area (Å²) in [7, 11) is 0. The number of piperidine rings is 2. The molecule has 0 aromatic heterocycles. The molecule has 0 aromatic rings. The zero-order valence-corrected chi connectivity index (χ0v) is 18.6. The molecule has 2 aliphatic rings. The fourth-order valence-electron chi connectivity index (χ4n) is 3.95. The second-order valence-electron chi connectivity index (χ2n) is 8.39. The van der Waals surface area contributed by atoms with E-state index in [2.05, 4.69) is 24.5 Å². The molecular formula is C20H38ClN5O3. The second kappa shape index (κ2) is 12.9. The third-order valence-electron chi connectivity index (χ3n) is 5.54. The minimum Gasteiger partial charge on any atom is -0.354 e. The Hall–Kier alpha value is -1.54.